The zero-order valence-corrected chi connectivity index (χ0v) is 9.86. The molecule has 0 unspecified atom stereocenters. The molecule has 1 fully saturated rings. The molecule has 15 heavy (non-hydrogen) atoms. The second kappa shape index (κ2) is 3.39. The summed E-state index contributed by atoms with van der Waals surface area (Å²) in [5.74, 6) is 0. The van der Waals surface area contributed by atoms with Gasteiger partial charge in [0.1, 0.15) is 0 Å². The number of anilines is 1. The van der Waals surface area contributed by atoms with Gasteiger partial charge in [-0.3, -0.25) is 0 Å². The zero-order valence-electron chi connectivity index (χ0n) is 8.23. The molecule has 3 N–H and O–H groups in total. The zero-order chi connectivity index (χ0) is 11.1. The molecule has 0 amide bonds. The van der Waals surface area contributed by atoms with Crippen LogP contribution < -0.4 is 10.5 Å². The number of sulfonamides is 1. The van der Waals surface area contributed by atoms with Crippen LogP contribution in [0.2, 0.25) is 0 Å². The molecule has 0 radical (unpaired) electrons. The minimum atomic E-state index is -3.54. The van der Waals surface area contributed by atoms with Gasteiger partial charge in [-0.2, -0.15) is 0 Å². The monoisotopic (exact) mass is 248 g/mol. The van der Waals surface area contributed by atoms with Crippen LogP contribution in [0.1, 0.15) is 26.2 Å². The van der Waals surface area contributed by atoms with Crippen LogP contribution in [0.15, 0.2) is 4.34 Å². The van der Waals surface area contributed by atoms with Gasteiger partial charge < -0.3 is 5.73 Å². The molecule has 1 aromatic heterocycles. The molecule has 0 saturated heterocycles. The molecule has 1 aromatic rings. The van der Waals surface area contributed by atoms with E-state index in [2.05, 4.69) is 14.9 Å². The first-order valence-corrected chi connectivity index (χ1v) is 6.84. The fourth-order valence-electron chi connectivity index (χ4n) is 1.51. The number of hydrogen-bond acceptors (Lipinski definition) is 6. The summed E-state index contributed by atoms with van der Waals surface area (Å²) in [4.78, 5) is 0. The topological polar surface area (TPSA) is 98.0 Å². The van der Waals surface area contributed by atoms with Gasteiger partial charge in [-0.25, -0.2) is 13.1 Å². The van der Waals surface area contributed by atoms with E-state index in [1.54, 1.807) is 0 Å². The SMILES string of the molecule is CC1(NS(=O)(=O)c2nnc(N)s2)CCC1. The van der Waals surface area contributed by atoms with Gasteiger partial charge in [0.25, 0.3) is 10.0 Å². The van der Waals surface area contributed by atoms with E-state index in [4.69, 9.17) is 5.73 Å². The first-order chi connectivity index (χ1) is 6.91. The molecule has 1 aliphatic carbocycles. The van der Waals surface area contributed by atoms with Crippen molar-refractivity contribution in [3.8, 4) is 0 Å². The van der Waals surface area contributed by atoms with Crippen molar-refractivity contribution in [2.45, 2.75) is 36.1 Å². The number of hydrogen-bond donors (Lipinski definition) is 2. The second-order valence-electron chi connectivity index (χ2n) is 3.93. The van der Waals surface area contributed by atoms with Crippen molar-refractivity contribution < 1.29 is 8.42 Å². The van der Waals surface area contributed by atoms with Crippen LogP contribution >= 0.6 is 11.3 Å². The molecule has 0 aliphatic heterocycles. The van der Waals surface area contributed by atoms with Gasteiger partial charge >= 0.3 is 0 Å². The molecular formula is C7H12N4O2S2. The normalized spacial score (nSPS) is 19.8. The highest BCUT2D eigenvalue weighted by Gasteiger charge is 2.37. The number of nitrogens with one attached hydrogen (secondary N) is 1. The molecule has 2 rings (SSSR count). The maximum absolute atomic E-state index is 11.8. The molecule has 0 bridgehead atoms. The maximum Gasteiger partial charge on any atom is 0.270 e. The van der Waals surface area contributed by atoms with E-state index >= 15 is 0 Å². The lowest BCUT2D eigenvalue weighted by Gasteiger charge is -2.38. The Morgan fingerprint density at radius 3 is 2.53 bits per heavy atom. The Balaban J connectivity index is 2.20. The summed E-state index contributed by atoms with van der Waals surface area (Å²) in [6, 6.07) is 0. The Morgan fingerprint density at radius 2 is 2.13 bits per heavy atom. The second-order valence-corrected chi connectivity index (χ2v) is 6.79. The van der Waals surface area contributed by atoms with Crippen LogP contribution in [-0.2, 0) is 10.0 Å². The molecule has 1 heterocycles. The summed E-state index contributed by atoms with van der Waals surface area (Å²) in [7, 11) is -3.54. The minimum absolute atomic E-state index is 0.0619. The highest BCUT2D eigenvalue weighted by Crippen LogP contribution is 2.33. The van der Waals surface area contributed by atoms with Gasteiger partial charge in [-0.15, -0.1) is 10.2 Å². The van der Waals surface area contributed by atoms with Gasteiger partial charge in [0, 0.05) is 5.54 Å². The van der Waals surface area contributed by atoms with Crippen molar-refractivity contribution in [1.82, 2.24) is 14.9 Å². The van der Waals surface area contributed by atoms with Crippen molar-refractivity contribution in [2.24, 2.45) is 0 Å². The van der Waals surface area contributed by atoms with E-state index in [9.17, 15) is 8.42 Å². The third-order valence-corrected chi connectivity index (χ3v) is 5.25. The Kier molecular flexibility index (Phi) is 2.44. The van der Waals surface area contributed by atoms with Crippen LogP contribution in [0.5, 0.6) is 0 Å². The highest BCUT2D eigenvalue weighted by molar-refractivity contribution is 7.91. The Bertz CT molecular complexity index is 463. The van der Waals surface area contributed by atoms with Gasteiger partial charge in [0.15, 0.2) is 0 Å². The molecular weight excluding hydrogens is 236 g/mol. The smallest absolute Gasteiger partial charge is 0.270 e. The predicted octanol–water partition coefficient (Wildman–Crippen LogP) is 0.341. The Hall–Kier alpha value is -0.730. The van der Waals surface area contributed by atoms with Gasteiger partial charge in [-0.1, -0.05) is 11.3 Å². The van der Waals surface area contributed by atoms with Gasteiger partial charge in [0.05, 0.1) is 0 Å². The fraction of sp³-hybridized carbons (Fsp3) is 0.714. The maximum atomic E-state index is 11.8. The molecule has 84 valence electrons. The number of rotatable bonds is 3. The van der Waals surface area contributed by atoms with E-state index in [1.165, 1.54) is 0 Å². The van der Waals surface area contributed by atoms with E-state index in [-0.39, 0.29) is 15.0 Å². The molecule has 0 atom stereocenters. The van der Waals surface area contributed by atoms with Crippen LogP contribution in [0, 0.1) is 0 Å². The highest BCUT2D eigenvalue weighted by atomic mass is 32.2. The van der Waals surface area contributed by atoms with Crippen LogP contribution in [0.25, 0.3) is 0 Å². The Labute approximate surface area is 91.9 Å². The number of nitrogens with two attached hydrogens (primary N) is 1. The third kappa shape index (κ3) is 2.11. The standard InChI is InChI=1S/C7H12N4O2S2/c1-7(3-2-4-7)11-15(12,13)6-10-9-5(8)14-6/h11H,2-4H2,1H3,(H2,8,9). The third-order valence-electron chi connectivity index (χ3n) is 2.49. The summed E-state index contributed by atoms with van der Waals surface area (Å²) in [5, 5.41) is 7.17. The minimum Gasteiger partial charge on any atom is -0.374 e. The van der Waals surface area contributed by atoms with Crippen molar-refractivity contribution >= 4 is 26.5 Å². The average molecular weight is 248 g/mol. The number of aromatic nitrogens is 2. The largest absolute Gasteiger partial charge is 0.374 e. The van der Waals surface area contributed by atoms with Crippen molar-refractivity contribution in [2.75, 3.05) is 5.73 Å². The summed E-state index contributed by atoms with van der Waals surface area (Å²) < 4.78 is 26.2. The average Bonchev–Trinajstić information content (AvgIpc) is 2.49. The molecule has 6 nitrogen and oxygen atoms in total. The van der Waals surface area contributed by atoms with Gasteiger partial charge in [0.2, 0.25) is 9.47 Å². The lowest BCUT2D eigenvalue weighted by Crippen LogP contribution is -2.50. The van der Waals surface area contributed by atoms with E-state index in [1.807, 2.05) is 6.92 Å². The fourth-order valence-corrected chi connectivity index (χ4v) is 3.76. The lowest BCUT2D eigenvalue weighted by atomic mass is 9.80. The molecule has 0 aromatic carbocycles. The van der Waals surface area contributed by atoms with Crippen LogP contribution in [-0.4, -0.2) is 24.2 Å². The molecule has 0 spiro atoms. The van der Waals surface area contributed by atoms with E-state index < -0.39 is 10.0 Å². The summed E-state index contributed by atoms with van der Waals surface area (Å²) in [6.07, 6.45) is 2.78. The first-order valence-electron chi connectivity index (χ1n) is 4.54. The quantitative estimate of drug-likeness (QED) is 0.804. The van der Waals surface area contributed by atoms with Crippen LogP contribution in [0.4, 0.5) is 5.13 Å². The molecule has 1 saturated carbocycles. The predicted molar refractivity (Wildman–Crippen MR) is 56.9 cm³/mol. The number of nitrogen functional groups attached to an aromatic ring is 1. The van der Waals surface area contributed by atoms with Crippen molar-refractivity contribution in [3.63, 3.8) is 0 Å². The van der Waals surface area contributed by atoms with E-state index in [0.717, 1.165) is 30.6 Å². The first kappa shape index (κ1) is 10.8. The van der Waals surface area contributed by atoms with E-state index in [0.29, 0.717) is 0 Å². The van der Waals surface area contributed by atoms with Crippen molar-refractivity contribution in [1.29, 1.82) is 0 Å². The van der Waals surface area contributed by atoms with Crippen LogP contribution in [0.3, 0.4) is 0 Å². The molecule has 8 heteroatoms. The number of nitrogens with zero attached hydrogens (tertiary/aromatic N) is 2. The lowest BCUT2D eigenvalue weighted by molar-refractivity contribution is 0.248. The summed E-state index contributed by atoms with van der Waals surface area (Å²) in [5.41, 5.74) is 5.02. The summed E-state index contributed by atoms with van der Waals surface area (Å²) >= 11 is 0.875. The van der Waals surface area contributed by atoms with Gasteiger partial charge in [-0.05, 0) is 26.2 Å². The summed E-state index contributed by atoms with van der Waals surface area (Å²) in [6.45, 7) is 1.89. The van der Waals surface area contributed by atoms with Crippen molar-refractivity contribution in [3.05, 3.63) is 0 Å². The molecule has 1 aliphatic rings. The Morgan fingerprint density at radius 1 is 1.47 bits per heavy atom.